The molecule has 2 saturated heterocycles. The first-order valence-corrected chi connectivity index (χ1v) is 5.27. The summed E-state index contributed by atoms with van der Waals surface area (Å²) in [6, 6.07) is 1.37. The average molecular weight is 182 g/mol. The maximum absolute atomic E-state index is 11.9. The van der Waals surface area contributed by atoms with Gasteiger partial charge in [0.2, 0.25) is 0 Å². The average Bonchev–Trinajstić information content (AvgIpc) is 2.74. The SMILES string of the molecule is CCN(C)C(=O)N1C2CCC1CC2. The lowest BCUT2D eigenvalue weighted by atomic mass is 10.0. The van der Waals surface area contributed by atoms with Crippen molar-refractivity contribution in [3.63, 3.8) is 0 Å². The van der Waals surface area contributed by atoms with Gasteiger partial charge in [-0.15, -0.1) is 0 Å². The lowest BCUT2D eigenvalue weighted by Gasteiger charge is -2.27. The Kier molecular flexibility index (Phi) is 2.18. The molecule has 2 bridgehead atoms. The fraction of sp³-hybridized carbons (Fsp3) is 0.900. The highest BCUT2D eigenvalue weighted by Gasteiger charge is 2.42. The third kappa shape index (κ3) is 1.30. The Morgan fingerprint density at radius 1 is 1.31 bits per heavy atom. The van der Waals surface area contributed by atoms with Crippen molar-refractivity contribution in [2.75, 3.05) is 13.6 Å². The lowest BCUT2D eigenvalue weighted by Crippen LogP contribution is -2.43. The molecule has 0 unspecified atom stereocenters. The molecule has 0 aromatic carbocycles. The van der Waals surface area contributed by atoms with Crippen LogP contribution in [0.15, 0.2) is 0 Å². The molecule has 0 aromatic rings. The predicted octanol–water partition coefficient (Wildman–Crippen LogP) is 1.68. The molecule has 0 radical (unpaired) electrons. The van der Waals surface area contributed by atoms with E-state index in [1.807, 2.05) is 18.9 Å². The van der Waals surface area contributed by atoms with Gasteiger partial charge in [-0.2, -0.15) is 0 Å². The van der Waals surface area contributed by atoms with Gasteiger partial charge in [0.15, 0.2) is 0 Å². The summed E-state index contributed by atoms with van der Waals surface area (Å²) in [5, 5.41) is 0. The summed E-state index contributed by atoms with van der Waals surface area (Å²) in [4.78, 5) is 15.8. The number of carbonyl (C=O) groups excluding carboxylic acids is 1. The van der Waals surface area contributed by atoms with E-state index in [-0.39, 0.29) is 6.03 Å². The molecule has 0 aromatic heterocycles. The molecule has 0 aliphatic carbocycles. The summed E-state index contributed by atoms with van der Waals surface area (Å²) >= 11 is 0. The second-order valence-electron chi connectivity index (χ2n) is 4.17. The van der Waals surface area contributed by atoms with Crippen molar-refractivity contribution in [3.8, 4) is 0 Å². The van der Waals surface area contributed by atoms with Gasteiger partial charge in [0, 0.05) is 25.7 Å². The molecule has 74 valence electrons. The summed E-state index contributed by atoms with van der Waals surface area (Å²) in [6.45, 7) is 2.84. The molecule has 2 rings (SSSR count). The molecule has 2 fully saturated rings. The van der Waals surface area contributed by atoms with Crippen LogP contribution in [0.25, 0.3) is 0 Å². The third-order valence-electron chi connectivity index (χ3n) is 3.47. The minimum atomic E-state index is 0.243. The number of hydrogen-bond acceptors (Lipinski definition) is 1. The lowest BCUT2D eigenvalue weighted by molar-refractivity contribution is 0.158. The molecule has 0 spiro atoms. The van der Waals surface area contributed by atoms with Gasteiger partial charge in [0.25, 0.3) is 0 Å². The van der Waals surface area contributed by atoms with Crippen LogP contribution in [0.2, 0.25) is 0 Å². The van der Waals surface area contributed by atoms with Crippen molar-refractivity contribution in [2.45, 2.75) is 44.7 Å². The third-order valence-corrected chi connectivity index (χ3v) is 3.47. The second kappa shape index (κ2) is 3.20. The fourth-order valence-electron chi connectivity index (χ4n) is 2.56. The second-order valence-corrected chi connectivity index (χ2v) is 4.17. The van der Waals surface area contributed by atoms with E-state index in [1.54, 1.807) is 0 Å². The van der Waals surface area contributed by atoms with E-state index in [4.69, 9.17) is 0 Å². The Balaban J connectivity index is 2.05. The molecule has 2 aliphatic heterocycles. The maximum Gasteiger partial charge on any atom is 0.320 e. The molecular weight excluding hydrogens is 164 g/mol. The van der Waals surface area contributed by atoms with Gasteiger partial charge >= 0.3 is 6.03 Å². The van der Waals surface area contributed by atoms with Gasteiger partial charge in [-0.05, 0) is 32.6 Å². The largest absolute Gasteiger partial charge is 0.328 e. The van der Waals surface area contributed by atoms with Crippen molar-refractivity contribution in [1.29, 1.82) is 0 Å². The quantitative estimate of drug-likeness (QED) is 0.605. The van der Waals surface area contributed by atoms with Gasteiger partial charge in [-0.25, -0.2) is 4.79 Å². The summed E-state index contributed by atoms with van der Waals surface area (Å²) in [5.74, 6) is 0. The van der Waals surface area contributed by atoms with E-state index in [9.17, 15) is 4.79 Å². The van der Waals surface area contributed by atoms with Crippen LogP contribution in [0.4, 0.5) is 4.79 Å². The topological polar surface area (TPSA) is 23.6 Å². The van der Waals surface area contributed by atoms with E-state index < -0.39 is 0 Å². The van der Waals surface area contributed by atoms with Crippen LogP contribution < -0.4 is 0 Å². The van der Waals surface area contributed by atoms with E-state index in [0.29, 0.717) is 12.1 Å². The van der Waals surface area contributed by atoms with Gasteiger partial charge in [-0.3, -0.25) is 0 Å². The van der Waals surface area contributed by atoms with E-state index in [1.165, 1.54) is 25.7 Å². The number of nitrogens with zero attached hydrogens (tertiary/aromatic N) is 2. The number of amides is 2. The number of carbonyl (C=O) groups is 1. The van der Waals surface area contributed by atoms with E-state index >= 15 is 0 Å². The zero-order chi connectivity index (χ0) is 9.42. The normalized spacial score (nSPS) is 31.1. The Bertz CT molecular complexity index is 197. The molecule has 3 heteroatoms. The Hall–Kier alpha value is -0.730. The number of fused-ring (bicyclic) bond motifs is 2. The summed E-state index contributed by atoms with van der Waals surface area (Å²) in [6.07, 6.45) is 4.92. The van der Waals surface area contributed by atoms with Crippen molar-refractivity contribution in [1.82, 2.24) is 9.80 Å². The molecule has 13 heavy (non-hydrogen) atoms. The monoisotopic (exact) mass is 182 g/mol. The molecule has 2 amide bonds. The summed E-state index contributed by atoms with van der Waals surface area (Å²) < 4.78 is 0. The first-order valence-electron chi connectivity index (χ1n) is 5.27. The van der Waals surface area contributed by atoms with Gasteiger partial charge in [-0.1, -0.05) is 0 Å². The zero-order valence-electron chi connectivity index (χ0n) is 8.49. The van der Waals surface area contributed by atoms with Crippen LogP contribution in [-0.4, -0.2) is 41.5 Å². The zero-order valence-corrected chi connectivity index (χ0v) is 8.49. The molecule has 0 saturated carbocycles. The van der Waals surface area contributed by atoms with E-state index in [2.05, 4.69) is 4.90 Å². The van der Waals surface area contributed by atoms with Crippen LogP contribution in [0.1, 0.15) is 32.6 Å². The van der Waals surface area contributed by atoms with Crippen molar-refractivity contribution >= 4 is 6.03 Å². The van der Waals surface area contributed by atoms with Crippen LogP contribution in [0.5, 0.6) is 0 Å². The molecule has 2 heterocycles. The van der Waals surface area contributed by atoms with Crippen molar-refractivity contribution in [2.24, 2.45) is 0 Å². The minimum Gasteiger partial charge on any atom is -0.328 e. The Morgan fingerprint density at radius 2 is 1.77 bits per heavy atom. The highest BCUT2D eigenvalue weighted by molar-refractivity contribution is 5.75. The van der Waals surface area contributed by atoms with Gasteiger partial charge < -0.3 is 9.80 Å². The molecule has 2 aliphatic rings. The highest BCUT2D eigenvalue weighted by Crippen LogP contribution is 2.37. The van der Waals surface area contributed by atoms with Crippen LogP contribution in [0.3, 0.4) is 0 Å². The maximum atomic E-state index is 11.9. The number of urea groups is 1. The standard InChI is InChI=1S/C10H18N2O/c1-3-11(2)10(13)12-8-4-5-9(12)7-6-8/h8-9H,3-7H2,1-2H3. The molecule has 0 N–H and O–H groups in total. The number of hydrogen-bond donors (Lipinski definition) is 0. The van der Waals surface area contributed by atoms with Gasteiger partial charge in [0.1, 0.15) is 0 Å². The van der Waals surface area contributed by atoms with Crippen molar-refractivity contribution in [3.05, 3.63) is 0 Å². The van der Waals surface area contributed by atoms with Crippen LogP contribution >= 0.6 is 0 Å². The predicted molar refractivity (Wildman–Crippen MR) is 51.6 cm³/mol. The molecule has 0 atom stereocenters. The van der Waals surface area contributed by atoms with E-state index in [0.717, 1.165) is 6.54 Å². The van der Waals surface area contributed by atoms with Crippen LogP contribution in [0, 0.1) is 0 Å². The van der Waals surface area contributed by atoms with Crippen molar-refractivity contribution < 1.29 is 4.79 Å². The Labute approximate surface area is 79.7 Å². The highest BCUT2D eigenvalue weighted by atomic mass is 16.2. The van der Waals surface area contributed by atoms with Crippen LogP contribution in [-0.2, 0) is 0 Å². The first-order chi connectivity index (χ1) is 6.24. The molecule has 3 nitrogen and oxygen atoms in total. The first kappa shape index (κ1) is 8.85. The fourth-order valence-corrected chi connectivity index (χ4v) is 2.56. The molecular formula is C10H18N2O. The smallest absolute Gasteiger partial charge is 0.320 e. The number of rotatable bonds is 1. The minimum absolute atomic E-state index is 0.243. The van der Waals surface area contributed by atoms with Gasteiger partial charge in [0.05, 0.1) is 0 Å². The summed E-state index contributed by atoms with van der Waals surface area (Å²) in [7, 11) is 1.89. The summed E-state index contributed by atoms with van der Waals surface area (Å²) in [5.41, 5.74) is 0. The Morgan fingerprint density at radius 3 is 2.15 bits per heavy atom.